The first-order valence-corrected chi connectivity index (χ1v) is 7.80. The van der Waals surface area contributed by atoms with Crippen molar-refractivity contribution >= 4 is 9.84 Å². The Morgan fingerprint density at radius 2 is 1.75 bits per heavy atom. The number of sulfone groups is 1. The first kappa shape index (κ1) is 18.2. The highest BCUT2D eigenvalue weighted by molar-refractivity contribution is 7.90. The van der Waals surface area contributed by atoms with Crippen molar-refractivity contribution in [2.24, 2.45) is 0 Å². The van der Waals surface area contributed by atoms with Crippen LogP contribution in [0.2, 0.25) is 0 Å². The molecule has 0 aromatic rings. The number of rotatable bonds is 7. The van der Waals surface area contributed by atoms with E-state index in [1.54, 1.807) is 7.11 Å². The van der Waals surface area contributed by atoms with Crippen LogP contribution < -0.4 is 0 Å². The SMILES string of the molecule is CC.COC(C)CCN(C)CCS(C)(=O)=O. The molecule has 0 amide bonds. The van der Waals surface area contributed by atoms with E-state index in [9.17, 15) is 8.42 Å². The second-order valence-corrected chi connectivity index (χ2v) is 6.03. The summed E-state index contributed by atoms with van der Waals surface area (Å²) in [7, 11) is 0.770. The minimum absolute atomic E-state index is 0.227. The summed E-state index contributed by atoms with van der Waals surface area (Å²) in [4.78, 5) is 2.01. The Balaban J connectivity index is 0. The van der Waals surface area contributed by atoms with Crippen LogP contribution in [0.5, 0.6) is 0 Å². The molecular formula is C11H27NO3S. The molecule has 0 heterocycles. The molecule has 0 aliphatic carbocycles. The van der Waals surface area contributed by atoms with Crippen LogP contribution in [0.25, 0.3) is 0 Å². The zero-order chi connectivity index (χ0) is 13.2. The van der Waals surface area contributed by atoms with Crippen molar-refractivity contribution in [2.45, 2.75) is 33.3 Å². The largest absolute Gasteiger partial charge is 0.382 e. The van der Waals surface area contributed by atoms with Crippen molar-refractivity contribution < 1.29 is 13.2 Å². The maximum absolute atomic E-state index is 10.9. The van der Waals surface area contributed by atoms with E-state index in [-0.39, 0.29) is 11.9 Å². The predicted molar refractivity (Wildman–Crippen MR) is 69.6 cm³/mol. The van der Waals surface area contributed by atoms with E-state index in [0.717, 1.165) is 13.0 Å². The fraction of sp³-hybridized carbons (Fsp3) is 1.00. The molecule has 0 bridgehead atoms. The van der Waals surface area contributed by atoms with Crippen molar-refractivity contribution in [3.05, 3.63) is 0 Å². The van der Waals surface area contributed by atoms with Crippen LogP contribution >= 0.6 is 0 Å². The van der Waals surface area contributed by atoms with E-state index in [0.29, 0.717) is 6.54 Å². The second-order valence-electron chi connectivity index (χ2n) is 3.77. The highest BCUT2D eigenvalue weighted by Crippen LogP contribution is 1.97. The molecule has 1 unspecified atom stereocenters. The summed E-state index contributed by atoms with van der Waals surface area (Å²) in [5.41, 5.74) is 0. The molecular weight excluding hydrogens is 226 g/mol. The normalized spacial score (nSPS) is 13.2. The Labute approximate surface area is 101 Å². The van der Waals surface area contributed by atoms with E-state index >= 15 is 0 Å². The van der Waals surface area contributed by atoms with E-state index < -0.39 is 9.84 Å². The highest BCUT2D eigenvalue weighted by Gasteiger charge is 2.06. The lowest BCUT2D eigenvalue weighted by atomic mass is 10.3. The summed E-state index contributed by atoms with van der Waals surface area (Å²) >= 11 is 0. The smallest absolute Gasteiger partial charge is 0.148 e. The van der Waals surface area contributed by atoms with Crippen LogP contribution in [-0.2, 0) is 14.6 Å². The van der Waals surface area contributed by atoms with Gasteiger partial charge < -0.3 is 9.64 Å². The summed E-state index contributed by atoms with van der Waals surface area (Å²) < 4.78 is 26.9. The molecule has 16 heavy (non-hydrogen) atoms. The number of ether oxygens (including phenoxy) is 1. The van der Waals surface area contributed by atoms with Crippen LogP contribution in [0.4, 0.5) is 0 Å². The lowest BCUT2D eigenvalue weighted by Gasteiger charge is -2.18. The van der Waals surface area contributed by atoms with Crippen molar-refractivity contribution in [1.29, 1.82) is 0 Å². The predicted octanol–water partition coefficient (Wildman–Crippen LogP) is 1.41. The Morgan fingerprint density at radius 1 is 1.25 bits per heavy atom. The van der Waals surface area contributed by atoms with Crippen molar-refractivity contribution in [3.8, 4) is 0 Å². The summed E-state index contributed by atoms with van der Waals surface area (Å²) in [6.07, 6.45) is 2.42. The van der Waals surface area contributed by atoms with Gasteiger partial charge in [0.15, 0.2) is 0 Å². The molecule has 100 valence electrons. The Kier molecular flexibility index (Phi) is 11.5. The third-order valence-corrected chi connectivity index (χ3v) is 3.09. The van der Waals surface area contributed by atoms with Gasteiger partial charge in [0.25, 0.3) is 0 Å². The van der Waals surface area contributed by atoms with Gasteiger partial charge in [0.2, 0.25) is 0 Å². The van der Waals surface area contributed by atoms with Gasteiger partial charge in [-0.15, -0.1) is 0 Å². The molecule has 0 saturated carbocycles. The minimum atomic E-state index is -2.84. The average molecular weight is 253 g/mol. The van der Waals surface area contributed by atoms with Gasteiger partial charge in [0.05, 0.1) is 11.9 Å². The molecule has 0 fully saturated rings. The second kappa shape index (κ2) is 10.1. The summed E-state index contributed by atoms with van der Waals surface area (Å²) in [6, 6.07) is 0. The van der Waals surface area contributed by atoms with Gasteiger partial charge in [-0.05, 0) is 20.4 Å². The van der Waals surface area contributed by atoms with Crippen molar-refractivity contribution in [1.82, 2.24) is 4.90 Å². The van der Waals surface area contributed by atoms with Crippen LogP contribution in [0.3, 0.4) is 0 Å². The fourth-order valence-electron chi connectivity index (χ4n) is 0.954. The lowest BCUT2D eigenvalue weighted by Crippen LogP contribution is -2.28. The number of methoxy groups -OCH3 is 1. The third-order valence-electron chi connectivity index (χ3n) is 2.16. The molecule has 5 heteroatoms. The molecule has 0 aromatic carbocycles. The van der Waals surface area contributed by atoms with Gasteiger partial charge in [-0.3, -0.25) is 0 Å². The Bertz CT molecular complexity index is 240. The molecule has 0 radical (unpaired) electrons. The molecule has 0 N–H and O–H groups in total. The van der Waals surface area contributed by atoms with Gasteiger partial charge in [-0.25, -0.2) is 8.42 Å². The maximum Gasteiger partial charge on any atom is 0.148 e. The van der Waals surface area contributed by atoms with Crippen LogP contribution in [0.1, 0.15) is 27.2 Å². The Morgan fingerprint density at radius 3 is 2.12 bits per heavy atom. The van der Waals surface area contributed by atoms with Crippen molar-refractivity contribution in [3.63, 3.8) is 0 Å². The molecule has 0 saturated heterocycles. The quantitative estimate of drug-likeness (QED) is 0.688. The number of nitrogens with zero attached hydrogens (tertiary/aromatic N) is 1. The van der Waals surface area contributed by atoms with Gasteiger partial charge in [0.1, 0.15) is 9.84 Å². The minimum Gasteiger partial charge on any atom is -0.382 e. The molecule has 1 atom stereocenters. The lowest BCUT2D eigenvalue weighted by molar-refractivity contribution is 0.101. The average Bonchev–Trinajstić information content (AvgIpc) is 2.24. The van der Waals surface area contributed by atoms with Crippen LogP contribution in [-0.4, -0.2) is 58.7 Å². The summed E-state index contributed by atoms with van der Waals surface area (Å²) in [5.74, 6) is 0.227. The van der Waals surface area contributed by atoms with Gasteiger partial charge in [-0.2, -0.15) is 0 Å². The number of hydrogen-bond donors (Lipinski definition) is 0. The van der Waals surface area contributed by atoms with E-state index in [1.807, 2.05) is 32.7 Å². The van der Waals surface area contributed by atoms with Gasteiger partial charge in [0, 0.05) is 26.5 Å². The van der Waals surface area contributed by atoms with E-state index in [1.165, 1.54) is 6.26 Å². The van der Waals surface area contributed by atoms with Gasteiger partial charge >= 0.3 is 0 Å². The van der Waals surface area contributed by atoms with E-state index in [4.69, 9.17) is 4.74 Å². The first-order chi connectivity index (χ1) is 7.35. The third kappa shape index (κ3) is 13.9. The standard InChI is InChI=1S/C9H21NO3S.C2H6/c1-9(13-3)5-6-10(2)7-8-14(4,11)12;1-2/h9H,5-8H2,1-4H3;1-2H3. The fourth-order valence-corrected chi connectivity index (χ4v) is 1.60. The molecule has 4 nitrogen and oxygen atoms in total. The molecule has 0 aromatic heterocycles. The zero-order valence-electron chi connectivity index (χ0n) is 11.5. The van der Waals surface area contributed by atoms with E-state index in [2.05, 4.69) is 0 Å². The van der Waals surface area contributed by atoms with Crippen LogP contribution in [0.15, 0.2) is 0 Å². The first-order valence-electron chi connectivity index (χ1n) is 5.74. The molecule has 0 aliphatic heterocycles. The monoisotopic (exact) mass is 253 g/mol. The molecule has 0 rings (SSSR count). The summed E-state index contributed by atoms with van der Waals surface area (Å²) in [6.45, 7) is 7.46. The van der Waals surface area contributed by atoms with Crippen molar-refractivity contribution in [2.75, 3.05) is 39.3 Å². The highest BCUT2D eigenvalue weighted by atomic mass is 32.2. The van der Waals surface area contributed by atoms with Crippen LogP contribution in [0, 0.1) is 0 Å². The topological polar surface area (TPSA) is 46.6 Å². The number of hydrogen-bond acceptors (Lipinski definition) is 4. The Hall–Kier alpha value is -0.130. The molecule has 0 spiro atoms. The zero-order valence-corrected chi connectivity index (χ0v) is 12.3. The summed E-state index contributed by atoms with van der Waals surface area (Å²) in [5, 5.41) is 0. The van der Waals surface area contributed by atoms with Gasteiger partial charge in [-0.1, -0.05) is 13.8 Å². The maximum atomic E-state index is 10.9. The molecule has 0 aliphatic rings.